The van der Waals surface area contributed by atoms with Crippen LogP contribution in [0.3, 0.4) is 0 Å². The molecule has 0 spiro atoms. The summed E-state index contributed by atoms with van der Waals surface area (Å²) in [5.41, 5.74) is 9.67. The summed E-state index contributed by atoms with van der Waals surface area (Å²) in [7, 11) is 0. The van der Waals surface area contributed by atoms with Crippen LogP contribution in [-0.4, -0.2) is 4.98 Å². The van der Waals surface area contributed by atoms with Crippen molar-refractivity contribution in [3.05, 3.63) is 146 Å². The van der Waals surface area contributed by atoms with Crippen LogP contribution in [0.2, 0.25) is 0 Å². The number of benzene rings is 6. The molecular formula is C37H24N2O2. The van der Waals surface area contributed by atoms with E-state index >= 15 is 0 Å². The second kappa shape index (κ2) is 9.54. The third kappa shape index (κ3) is 4.05. The molecule has 0 fully saturated rings. The summed E-state index contributed by atoms with van der Waals surface area (Å²) in [6.45, 7) is 0. The van der Waals surface area contributed by atoms with Crippen molar-refractivity contribution < 1.29 is 8.83 Å². The molecule has 0 amide bonds. The van der Waals surface area contributed by atoms with E-state index in [0.29, 0.717) is 5.89 Å². The van der Waals surface area contributed by atoms with E-state index in [-0.39, 0.29) is 0 Å². The maximum absolute atomic E-state index is 6.43. The van der Waals surface area contributed by atoms with E-state index in [1.807, 2.05) is 54.6 Å². The standard InChI is InChI=1S/C37H24N2O2/c1-3-10-25(11-4-1)26-18-20-28(21-19-26)39(27-12-5-2-6-13-27)29-22-23-30-35(24-29)40-34-17-9-14-31(36(30)34)37-38-32-15-7-8-16-33(32)41-37/h1-24H. The Hall–Kier alpha value is -5.61. The van der Waals surface area contributed by atoms with Crippen LogP contribution in [0.4, 0.5) is 17.1 Å². The highest BCUT2D eigenvalue weighted by Gasteiger charge is 2.19. The zero-order chi connectivity index (χ0) is 27.2. The monoisotopic (exact) mass is 528 g/mol. The number of fused-ring (bicyclic) bond motifs is 4. The van der Waals surface area contributed by atoms with Gasteiger partial charge in [-0.1, -0.05) is 78.9 Å². The van der Waals surface area contributed by atoms with Crippen LogP contribution in [0.5, 0.6) is 0 Å². The lowest BCUT2D eigenvalue weighted by Gasteiger charge is -2.25. The molecule has 0 radical (unpaired) electrons. The molecular weight excluding hydrogens is 504 g/mol. The van der Waals surface area contributed by atoms with Crippen LogP contribution in [0, 0.1) is 0 Å². The molecule has 0 atom stereocenters. The minimum absolute atomic E-state index is 0.591. The average molecular weight is 529 g/mol. The number of para-hydroxylation sites is 3. The largest absolute Gasteiger partial charge is 0.456 e. The van der Waals surface area contributed by atoms with Gasteiger partial charge in [-0.25, -0.2) is 4.98 Å². The third-order valence-corrected chi connectivity index (χ3v) is 7.51. The number of hydrogen-bond donors (Lipinski definition) is 0. The third-order valence-electron chi connectivity index (χ3n) is 7.51. The Balaban J connectivity index is 1.26. The first-order chi connectivity index (χ1) is 20.3. The van der Waals surface area contributed by atoms with E-state index in [1.54, 1.807) is 0 Å². The summed E-state index contributed by atoms with van der Waals surface area (Å²) in [5, 5.41) is 2.02. The van der Waals surface area contributed by atoms with Crippen LogP contribution in [0.15, 0.2) is 154 Å². The Kier molecular flexibility index (Phi) is 5.42. The Morgan fingerprint density at radius 1 is 0.463 bits per heavy atom. The number of hydrogen-bond acceptors (Lipinski definition) is 4. The van der Waals surface area contributed by atoms with Gasteiger partial charge < -0.3 is 13.7 Å². The van der Waals surface area contributed by atoms with Gasteiger partial charge in [-0.3, -0.25) is 0 Å². The molecule has 0 aliphatic heterocycles. The Morgan fingerprint density at radius 2 is 1.12 bits per heavy atom. The topological polar surface area (TPSA) is 42.4 Å². The fourth-order valence-electron chi connectivity index (χ4n) is 5.58. The van der Waals surface area contributed by atoms with Gasteiger partial charge in [0.05, 0.1) is 0 Å². The van der Waals surface area contributed by atoms with Crippen molar-refractivity contribution in [2.45, 2.75) is 0 Å². The summed E-state index contributed by atoms with van der Waals surface area (Å²) in [4.78, 5) is 7.01. The molecule has 0 saturated carbocycles. The van der Waals surface area contributed by atoms with Crippen molar-refractivity contribution in [1.82, 2.24) is 4.98 Å². The zero-order valence-electron chi connectivity index (χ0n) is 22.1. The molecule has 8 rings (SSSR count). The lowest BCUT2D eigenvalue weighted by Crippen LogP contribution is -2.09. The molecule has 4 heteroatoms. The van der Waals surface area contributed by atoms with Gasteiger partial charge in [0.1, 0.15) is 16.7 Å². The fourth-order valence-corrected chi connectivity index (χ4v) is 5.58. The number of anilines is 3. The zero-order valence-corrected chi connectivity index (χ0v) is 22.1. The van der Waals surface area contributed by atoms with E-state index in [2.05, 4.69) is 95.9 Å². The minimum atomic E-state index is 0.591. The first-order valence-corrected chi connectivity index (χ1v) is 13.6. The molecule has 2 heterocycles. The van der Waals surface area contributed by atoms with Gasteiger partial charge in [0.2, 0.25) is 5.89 Å². The van der Waals surface area contributed by atoms with E-state index < -0.39 is 0 Å². The molecule has 0 unspecified atom stereocenters. The summed E-state index contributed by atoms with van der Waals surface area (Å²) in [5.74, 6) is 0.591. The Labute approximate surface area is 236 Å². The lowest BCUT2D eigenvalue weighted by molar-refractivity contribution is 0.620. The SMILES string of the molecule is c1ccc(-c2ccc(N(c3ccccc3)c3ccc4c(c3)oc3cccc(-c5nc6ccccc6o5)c34)cc2)cc1. The van der Waals surface area contributed by atoms with Crippen LogP contribution in [-0.2, 0) is 0 Å². The van der Waals surface area contributed by atoms with E-state index in [0.717, 1.165) is 55.7 Å². The van der Waals surface area contributed by atoms with Crippen molar-refractivity contribution in [3.8, 4) is 22.6 Å². The molecule has 0 N–H and O–H groups in total. The van der Waals surface area contributed by atoms with Crippen LogP contribution < -0.4 is 4.90 Å². The van der Waals surface area contributed by atoms with E-state index in [4.69, 9.17) is 13.8 Å². The first-order valence-electron chi connectivity index (χ1n) is 13.6. The first kappa shape index (κ1) is 23.3. The maximum atomic E-state index is 6.43. The quantitative estimate of drug-likeness (QED) is 0.223. The molecule has 194 valence electrons. The summed E-state index contributed by atoms with van der Waals surface area (Å²) >= 11 is 0. The molecule has 41 heavy (non-hydrogen) atoms. The molecule has 0 aliphatic carbocycles. The van der Waals surface area contributed by atoms with Gasteiger partial charge in [0.15, 0.2) is 5.58 Å². The fraction of sp³-hybridized carbons (Fsp3) is 0. The van der Waals surface area contributed by atoms with Crippen molar-refractivity contribution in [2.75, 3.05) is 4.90 Å². The highest BCUT2D eigenvalue weighted by atomic mass is 16.3. The summed E-state index contributed by atoms with van der Waals surface area (Å²) in [6.07, 6.45) is 0. The van der Waals surface area contributed by atoms with Gasteiger partial charge in [-0.2, -0.15) is 0 Å². The Morgan fingerprint density at radius 3 is 1.93 bits per heavy atom. The van der Waals surface area contributed by atoms with Crippen molar-refractivity contribution in [3.63, 3.8) is 0 Å². The number of rotatable bonds is 5. The molecule has 8 aromatic rings. The smallest absolute Gasteiger partial charge is 0.228 e. The summed E-state index contributed by atoms with van der Waals surface area (Å²) < 4.78 is 12.6. The molecule has 4 nitrogen and oxygen atoms in total. The van der Waals surface area contributed by atoms with Crippen LogP contribution in [0.1, 0.15) is 0 Å². The van der Waals surface area contributed by atoms with Gasteiger partial charge in [0.25, 0.3) is 0 Å². The van der Waals surface area contributed by atoms with Crippen molar-refractivity contribution in [2.24, 2.45) is 0 Å². The molecule has 6 aromatic carbocycles. The van der Waals surface area contributed by atoms with Gasteiger partial charge in [-0.15, -0.1) is 0 Å². The number of furan rings is 1. The number of aromatic nitrogens is 1. The minimum Gasteiger partial charge on any atom is -0.456 e. The number of oxazole rings is 1. The summed E-state index contributed by atoms with van der Waals surface area (Å²) in [6, 6.07) is 49.8. The second-order valence-electron chi connectivity index (χ2n) is 10.0. The van der Waals surface area contributed by atoms with E-state index in [9.17, 15) is 0 Å². The molecule has 2 aromatic heterocycles. The highest BCUT2D eigenvalue weighted by Crippen LogP contribution is 2.41. The number of nitrogens with zero attached hydrogens (tertiary/aromatic N) is 2. The van der Waals surface area contributed by atoms with Crippen LogP contribution in [0.25, 0.3) is 55.6 Å². The van der Waals surface area contributed by atoms with Gasteiger partial charge in [0, 0.05) is 39.5 Å². The van der Waals surface area contributed by atoms with Gasteiger partial charge >= 0.3 is 0 Å². The average Bonchev–Trinajstić information content (AvgIpc) is 3.64. The molecule has 0 bridgehead atoms. The van der Waals surface area contributed by atoms with E-state index in [1.165, 1.54) is 11.1 Å². The molecule has 0 saturated heterocycles. The normalized spacial score (nSPS) is 11.4. The Bertz CT molecular complexity index is 2110. The van der Waals surface area contributed by atoms with Gasteiger partial charge in [-0.05, 0) is 71.8 Å². The van der Waals surface area contributed by atoms with Crippen LogP contribution >= 0.6 is 0 Å². The predicted molar refractivity (Wildman–Crippen MR) is 167 cm³/mol. The second-order valence-corrected chi connectivity index (χ2v) is 10.0. The lowest BCUT2D eigenvalue weighted by atomic mass is 10.0. The van der Waals surface area contributed by atoms with Crippen molar-refractivity contribution in [1.29, 1.82) is 0 Å². The maximum Gasteiger partial charge on any atom is 0.228 e. The predicted octanol–water partition coefficient (Wildman–Crippen LogP) is 10.5. The molecule has 0 aliphatic rings. The highest BCUT2D eigenvalue weighted by molar-refractivity contribution is 6.12. The van der Waals surface area contributed by atoms with Crippen molar-refractivity contribution >= 4 is 50.1 Å².